The highest BCUT2D eigenvalue weighted by atomic mass is 35.5. The predicted molar refractivity (Wildman–Crippen MR) is 115 cm³/mol. The Bertz CT molecular complexity index is 1250. The number of para-hydroxylation sites is 2. The number of sulfonamides is 2. The summed E-state index contributed by atoms with van der Waals surface area (Å²) in [5, 5.41) is 0. The lowest BCUT2D eigenvalue weighted by Crippen LogP contribution is -2.16. The molecule has 29 heavy (non-hydrogen) atoms. The van der Waals surface area contributed by atoms with Gasteiger partial charge < -0.3 is 4.74 Å². The summed E-state index contributed by atoms with van der Waals surface area (Å²) in [7, 11) is -6.45. The summed E-state index contributed by atoms with van der Waals surface area (Å²) in [6.07, 6.45) is 0. The first-order valence-electron chi connectivity index (χ1n) is 8.17. The first-order chi connectivity index (χ1) is 13.6. The number of benzene rings is 2. The van der Waals surface area contributed by atoms with E-state index in [1.54, 1.807) is 31.2 Å². The molecule has 1 heterocycles. The third-order valence-electron chi connectivity index (χ3n) is 3.89. The Balaban J connectivity index is 1.94. The maximum atomic E-state index is 12.9. The van der Waals surface area contributed by atoms with Crippen LogP contribution in [0.2, 0.25) is 4.34 Å². The largest absolute Gasteiger partial charge is 0.495 e. The van der Waals surface area contributed by atoms with Gasteiger partial charge in [0.25, 0.3) is 20.0 Å². The molecule has 0 saturated carbocycles. The topological polar surface area (TPSA) is 102 Å². The second-order valence-electron chi connectivity index (χ2n) is 5.95. The fourth-order valence-corrected chi connectivity index (χ4v) is 6.40. The average Bonchev–Trinajstić information content (AvgIpc) is 3.10. The molecule has 0 aliphatic rings. The van der Waals surface area contributed by atoms with Gasteiger partial charge in [-0.15, -0.1) is 11.3 Å². The summed E-state index contributed by atoms with van der Waals surface area (Å²) in [5.74, 6) is 0.361. The second kappa shape index (κ2) is 8.23. The number of thiophene rings is 1. The molecule has 2 N–H and O–H groups in total. The smallest absolute Gasteiger partial charge is 0.271 e. The van der Waals surface area contributed by atoms with E-state index in [1.165, 1.54) is 37.4 Å². The van der Waals surface area contributed by atoms with Gasteiger partial charge in [-0.2, -0.15) is 0 Å². The number of hydrogen-bond donors (Lipinski definition) is 2. The number of hydrogen-bond acceptors (Lipinski definition) is 6. The molecular weight excluding hydrogens is 456 g/mol. The number of halogens is 1. The van der Waals surface area contributed by atoms with E-state index in [9.17, 15) is 16.8 Å². The molecule has 3 aromatic rings. The van der Waals surface area contributed by atoms with Crippen LogP contribution in [-0.2, 0) is 20.0 Å². The third kappa shape index (κ3) is 4.84. The average molecular weight is 473 g/mol. The van der Waals surface area contributed by atoms with Crippen molar-refractivity contribution in [2.75, 3.05) is 16.6 Å². The normalized spacial score (nSPS) is 11.8. The monoisotopic (exact) mass is 472 g/mol. The predicted octanol–water partition coefficient (Wildman–Crippen LogP) is 4.32. The molecule has 0 fully saturated rings. The number of methoxy groups -OCH3 is 1. The van der Waals surface area contributed by atoms with Crippen molar-refractivity contribution in [3.63, 3.8) is 0 Å². The van der Waals surface area contributed by atoms with Gasteiger partial charge >= 0.3 is 0 Å². The van der Waals surface area contributed by atoms with E-state index < -0.39 is 20.0 Å². The van der Waals surface area contributed by atoms with Crippen LogP contribution >= 0.6 is 22.9 Å². The fraction of sp³-hybridized carbons (Fsp3) is 0.111. The van der Waals surface area contributed by atoms with Crippen LogP contribution in [0.1, 0.15) is 5.56 Å². The van der Waals surface area contributed by atoms with Gasteiger partial charge in [-0.25, -0.2) is 16.8 Å². The lowest BCUT2D eigenvalue weighted by Gasteiger charge is -2.14. The molecule has 0 bridgehead atoms. The van der Waals surface area contributed by atoms with E-state index in [4.69, 9.17) is 16.3 Å². The van der Waals surface area contributed by atoms with Gasteiger partial charge in [-0.3, -0.25) is 9.44 Å². The van der Waals surface area contributed by atoms with Crippen molar-refractivity contribution in [1.29, 1.82) is 0 Å². The summed E-state index contributed by atoms with van der Waals surface area (Å²) < 4.78 is 61.2. The molecular formula is C18H17ClN2O5S3. The number of rotatable bonds is 7. The number of nitrogens with one attached hydrogen (secondary N) is 2. The lowest BCUT2D eigenvalue weighted by molar-refractivity contribution is 0.417. The first-order valence-corrected chi connectivity index (χ1v) is 12.3. The molecule has 0 unspecified atom stereocenters. The van der Waals surface area contributed by atoms with Crippen molar-refractivity contribution < 1.29 is 21.6 Å². The maximum absolute atomic E-state index is 12.9. The highest BCUT2D eigenvalue weighted by molar-refractivity contribution is 7.94. The van der Waals surface area contributed by atoms with Gasteiger partial charge in [0.1, 0.15) is 9.96 Å². The first kappa shape index (κ1) is 21.4. The second-order valence-corrected chi connectivity index (χ2v) is 11.2. The Morgan fingerprint density at radius 1 is 0.931 bits per heavy atom. The Morgan fingerprint density at radius 3 is 2.31 bits per heavy atom. The number of ether oxygens (including phenoxy) is 1. The lowest BCUT2D eigenvalue weighted by atomic mass is 10.2. The molecule has 0 atom stereocenters. The Morgan fingerprint density at radius 2 is 1.66 bits per heavy atom. The van der Waals surface area contributed by atoms with E-state index >= 15 is 0 Å². The molecule has 11 heteroatoms. The van der Waals surface area contributed by atoms with E-state index in [2.05, 4.69) is 9.44 Å². The molecule has 0 aliphatic heterocycles. The molecule has 0 amide bonds. The minimum absolute atomic E-state index is 0.0274. The van der Waals surface area contributed by atoms with Crippen LogP contribution in [0.5, 0.6) is 5.75 Å². The Labute approximate surface area is 178 Å². The van der Waals surface area contributed by atoms with Gasteiger partial charge in [-0.05, 0) is 48.9 Å². The summed E-state index contributed by atoms with van der Waals surface area (Å²) in [6.45, 7) is 1.62. The van der Waals surface area contributed by atoms with Crippen LogP contribution < -0.4 is 14.2 Å². The van der Waals surface area contributed by atoms with E-state index in [1.807, 2.05) is 0 Å². The van der Waals surface area contributed by atoms with Crippen LogP contribution in [0.3, 0.4) is 0 Å². The summed E-state index contributed by atoms with van der Waals surface area (Å²) in [6, 6.07) is 13.7. The molecule has 2 aromatic carbocycles. The molecule has 1 aromatic heterocycles. The quantitative estimate of drug-likeness (QED) is 0.533. The van der Waals surface area contributed by atoms with Crippen LogP contribution in [0.15, 0.2) is 63.7 Å². The van der Waals surface area contributed by atoms with Crippen molar-refractivity contribution in [3.8, 4) is 5.75 Å². The van der Waals surface area contributed by atoms with Gasteiger partial charge in [0.2, 0.25) is 0 Å². The summed E-state index contributed by atoms with van der Waals surface area (Å²) >= 11 is 6.71. The third-order valence-corrected chi connectivity index (χ3v) is 8.51. The van der Waals surface area contributed by atoms with Crippen molar-refractivity contribution in [2.24, 2.45) is 0 Å². The Hall–Kier alpha value is -2.27. The molecule has 0 radical (unpaired) electrons. The molecule has 0 spiro atoms. The zero-order valence-electron chi connectivity index (χ0n) is 15.3. The van der Waals surface area contributed by atoms with Crippen molar-refractivity contribution in [3.05, 3.63) is 64.5 Å². The minimum atomic E-state index is -4.00. The molecule has 154 valence electrons. The highest BCUT2D eigenvalue weighted by Gasteiger charge is 2.22. The van der Waals surface area contributed by atoms with Gasteiger partial charge in [0.05, 0.1) is 27.7 Å². The van der Waals surface area contributed by atoms with Gasteiger partial charge in [0.15, 0.2) is 0 Å². The van der Waals surface area contributed by atoms with Crippen LogP contribution in [0.4, 0.5) is 11.4 Å². The Kier molecular flexibility index (Phi) is 6.08. The highest BCUT2D eigenvalue weighted by Crippen LogP contribution is 2.30. The zero-order chi connectivity index (χ0) is 21.2. The number of aryl methyl sites for hydroxylation is 1. The van der Waals surface area contributed by atoms with Crippen LogP contribution in [0, 0.1) is 6.92 Å². The standard InChI is InChI=1S/C18H17ClN2O5S3/c1-12-7-8-13(20-29(24,25)18-10-9-17(19)27-18)11-16(12)28(22,23)21-14-5-3-4-6-15(14)26-2/h3-11,20-21H,1-2H3. The van der Waals surface area contributed by atoms with Crippen LogP contribution in [0.25, 0.3) is 0 Å². The van der Waals surface area contributed by atoms with E-state index in [0.717, 1.165) is 11.3 Å². The zero-order valence-corrected chi connectivity index (χ0v) is 18.5. The summed E-state index contributed by atoms with van der Waals surface area (Å²) in [5.41, 5.74) is 0.837. The minimum Gasteiger partial charge on any atom is -0.495 e. The van der Waals surface area contributed by atoms with E-state index in [0.29, 0.717) is 15.6 Å². The van der Waals surface area contributed by atoms with Crippen molar-refractivity contribution in [1.82, 2.24) is 0 Å². The maximum Gasteiger partial charge on any atom is 0.271 e. The summed E-state index contributed by atoms with van der Waals surface area (Å²) in [4.78, 5) is -0.0622. The number of anilines is 2. The van der Waals surface area contributed by atoms with Crippen LogP contribution in [-0.4, -0.2) is 23.9 Å². The molecule has 7 nitrogen and oxygen atoms in total. The molecule has 0 saturated heterocycles. The van der Waals surface area contributed by atoms with Gasteiger partial charge in [-0.1, -0.05) is 29.8 Å². The van der Waals surface area contributed by atoms with Gasteiger partial charge in [0, 0.05) is 0 Å². The molecule has 3 rings (SSSR count). The van der Waals surface area contributed by atoms with E-state index in [-0.39, 0.29) is 20.5 Å². The fourth-order valence-electron chi connectivity index (χ4n) is 2.53. The SMILES string of the molecule is COc1ccccc1NS(=O)(=O)c1cc(NS(=O)(=O)c2ccc(Cl)s2)ccc1C. The molecule has 0 aliphatic carbocycles. The van der Waals surface area contributed by atoms with Crippen molar-refractivity contribution >= 4 is 54.4 Å². The van der Waals surface area contributed by atoms with Crippen molar-refractivity contribution in [2.45, 2.75) is 16.0 Å².